The maximum atomic E-state index is 12.8. The Bertz CT molecular complexity index is 852. The largest absolute Gasteiger partial charge is 0.317 e. The van der Waals surface area contributed by atoms with Crippen LogP contribution in [0.25, 0.3) is 0 Å². The van der Waals surface area contributed by atoms with E-state index in [2.05, 4.69) is 15.8 Å². The molecule has 2 aromatic rings. The molecule has 0 atom stereocenters. The van der Waals surface area contributed by atoms with Crippen molar-refractivity contribution < 1.29 is 9.59 Å². The molecule has 0 spiro atoms. The van der Waals surface area contributed by atoms with Crippen LogP contribution in [0.3, 0.4) is 0 Å². The summed E-state index contributed by atoms with van der Waals surface area (Å²) in [5.41, 5.74) is 6.01. The van der Waals surface area contributed by atoms with Gasteiger partial charge in [0.15, 0.2) is 0 Å². The van der Waals surface area contributed by atoms with Gasteiger partial charge in [-0.15, -0.1) is 11.3 Å². The Morgan fingerprint density at radius 2 is 1.81 bits per heavy atom. The third kappa shape index (κ3) is 5.04. The minimum atomic E-state index is -0.245. The number of benzene rings is 1. The van der Waals surface area contributed by atoms with E-state index in [1.807, 2.05) is 44.2 Å². The van der Waals surface area contributed by atoms with Crippen molar-refractivity contribution in [3.05, 3.63) is 51.9 Å². The van der Waals surface area contributed by atoms with E-state index in [-0.39, 0.29) is 18.2 Å². The van der Waals surface area contributed by atoms with Gasteiger partial charge in [0.2, 0.25) is 5.91 Å². The first-order valence-corrected chi connectivity index (χ1v) is 10.2. The van der Waals surface area contributed by atoms with Gasteiger partial charge in [-0.05, 0) is 50.7 Å². The molecule has 2 N–H and O–H groups in total. The molecular weight excluding hydrogens is 358 g/mol. The highest BCUT2D eigenvalue weighted by Gasteiger charge is 2.25. The zero-order chi connectivity index (χ0) is 19.2. The van der Waals surface area contributed by atoms with E-state index >= 15 is 0 Å². The van der Waals surface area contributed by atoms with Gasteiger partial charge in [-0.25, -0.2) is 5.43 Å². The van der Waals surface area contributed by atoms with E-state index in [0.717, 1.165) is 42.5 Å². The number of anilines is 1. The second-order valence-corrected chi connectivity index (χ2v) is 8.08. The Morgan fingerprint density at radius 1 is 1.07 bits per heavy atom. The fourth-order valence-electron chi connectivity index (χ4n) is 3.24. The molecule has 0 aliphatic heterocycles. The number of amides is 2. The SMILES string of the molecule is CC(C)=NNC(=O)c1c(NC(=O)Cc2ccccc2)sc2c1CCCCC2. The van der Waals surface area contributed by atoms with Gasteiger partial charge < -0.3 is 5.32 Å². The Morgan fingerprint density at radius 3 is 2.56 bits per heavy atom. The van der Waals surface area contributed by atoms with E-state index in [4.69, 9.17) is 0 Å². The Balaban J connectivity index is 1.85. The first-order valence-electron chi connectivity index (χ1n) is 9.34. The van der Waals surface area contributed by atoms with Gasteiger partial charge in [0.25, 0.3) is 5.91 Å². The number of nitrogens with one attached hydrogen (secondary N) is 2. The Labute approximate surface area is 163 Å². The molecule has 0 saturated heterocycles. The fourth-order valence-corrected chi connectivity index (χ4v) is 4.54. The van der Waals surface area contributed by atoms with Gasteiger partial charge in [0.05, 0.1) is 12.0 Å². The number of hydrogen-bond acceptors (Lipinski definition) is 4. The number of rotatable bonds is 5. The summed E-state index contributed by atoms with van der Waals surface area (Å²) in [6, 6.07) is 9.61. The van der Waals surface area contributed by atoms with Gasteiger partial charge in [-0.1, -0.05) is 36.8 Å². The molecule has 1 aliphatic carbocycles. The van der Waals surface area contributed by atoms with E-state index in [1.165, 1.54) is 22.6 Å². The zero-order valence-electron chi connectivity index (χ0n) is 15.8. The molecule has 0 saturated carbocycles. The Hall–Kier alpha value is -2.47. The number of aryl methyl sites for hydroxylation is 1. The van der Waals surface area contributed by atoms with Crippen LogP contribution in [0.4, 0.5) is 5.00 Å². The van der Waals surface area contributed by atoms with E-state index < -0.39 is 0 Å². The number of carbonyl (C=O) groups is 2. The van der Waals surface area contributed by atoms with Crippen LogP contribution in [0.1, 0.15) is 59.5 Å². The lowest BCUT2D eigenvalue weighted by Gasteiger charge is -2.08. The molecule has 0 radical (unpaired) electrons. The van der Waals surface area contributed by atoms with E-state index in [9.17, 15) is 9.59 Å². The molecule has 6 heteroatoms. The number of nitrogens with zero attached hydrogens (tertiary/aromatic N) is 1. The third-order valence-electron chi connectivity index (χ3n) is 4.49. The molecule has 142 valence electrons. The number of hydrogen-bond donors (Lipinski definition) is 2. The number of fused-ring (bicyclic) bond motifs is 1. The summed E-state index contributed by atoms with van der Waals surface area (Å²) in [4.78, 5) is 26.5. The minimum Gasteiger partial charge on any atom is -0.317 e. The zero-order valence-corrected chi connectivity index (χ0v) is 16.6. The molecule has 3 rings (SSSR count). The minimum absolute atomic E-state index is 0.109. The molecular formula is C21H25N3O2S. The molecule has 5 nitrogen and oxygen atoms in total. The van der Waals surface area contributed by atoms with Crippen LogP contribution in [0, 0.1) is 0 Å². The first kappa shape index (κ1) is 19.3. The van der Waals surface area contributed by atoms with Crippen molar-refractivity contribution in [1.82, 2.24) is 5.43 Å². The standard InChI is InChI=1S/C21H25N3O2S/c1-14(2)23-24-20(26)19-16-11-7-4-8-12-17(16)27-21(19)22-18(25)13-15-9-5-3-6-10-15/h3,5-6,9-10H,4,7-8,11-13H2,1-2H3,(H,22,25)(H,24,26). The van der Waals surface area contributed by atoms with Crippen molar-refractivity contribution in [2.75, 3.05) is 5.32 Å². The summed E-state index contributed by atoms with van der Waals surface area (Å²) in [6.45, 7) is 3.66. The monoisotopic (exact) mass is 383 g/mol. The predicted molar refractivity (Wildman–Crippen MR) is 111 cm³/mol. The second-order valence-electron chi connectivity index (χ2n) is 6.98. The van der Waals surface area contributed by atoms with Crippen LogP contribution < -0.4 is 10.7 Å². The van der Waals surface area contributed by atoms with Gasteiger partial charge in [-0.2, -0.15) is 5.10 Å². The molecule has 1 heterocycles. The summed E-state index contributed by atoms with van der Waals surface area (Å²) in [5.74, 6) is -0.354. The highest BCUT2D eigenvalue weighted by Crippen LogP contribution is 2.37. The summed E-state index contributed by atoms with van der Waals surface area (Å²) in [5, 5.41) is 7.67. The quantitative estimate of drug-likeness (QED) is 0.458. The van der Waals surface area contributed by atoms with E-state index in [0.29, 0.717) is 10.6 Å². The van der Waals surface area contributed by atoms with Crippen molar-refractivity contribution in [1.29, 1.82) is 0 Å². The molecule has 1 aromatic heterocycles. The highest BCUT2D eigenvalue weighted by molar-refractivity contribution is 7.17. The van der Waals surface area contributed by atoms with Crippen molar-refractivity contribution in [2.24, 2.45) is 5.10 Å². The van der Waals surface area contributed by atoms with Crippen LogP contribution in [-0.4, -0.2) is 17.5 Å². The normalized spacial score (nSPS) is 13.3. The smallest absolute Gasteiger partial charge is 0.274 e. The average molecular weight is 384 g/mol. The van der Waals surface area contributed by atoms with Gasteiger partial charge in [0, 0.05) is 10.6 Å². The predicted octanol–water partition coefficient (Wildman–Crippen LogP) is 4.32. The average Bonchev–Trinajstić information content (AvgIpc) is 2.81. The van der Waals surface area contributed by atoms with Crippen LogP contribution in [0.2, 0.25) is 0 Å². The summed E-state index contributed by atoms with van der Waals surface area (Å²) in [6.07, 6.45) is 5.49. The fraction of sp³-hybridized carbons (Fsp3) is 0.381. The summed E-state index contributed by atoms with van der Waals surface area (Å²) in [7, 11) is 0. The maximum absolute atomic E-state index is 12.8. The van der Waals surface area contributed by atoms with Crippen molar-refractivity contribution in [2.45, 2.75) is 52.4 Å². The van der Waals surface area contributed by atoms with Gasteiger partial charge in [0.1, 0.15) is 5.00 Å². The van der Waals surface area contributed by atoms with Crippen LogP contribution in [0.5, 0.6) is 0 Å². The lowest BCUT2D eigenvalue weighted by atomic mass is 10.0. The topological polar surface area (TPSA) is 70.6 Å². The van der Waals surface area contributed by atoms with Crippen molar-refractivity contribution >= 4 is 33.9 Å². The molecule has 27 heavy (non-hydrogen) atoms. The van der Waals surface area contributed by atoms with E-state index in [1.54, 1.807) is 0 Å². The highest BCUT2D eigenvalue weighted by atomic mass is 32.1. The number of carbonyl (C=O) groups excluding carboxylic acids is 2. The molecule has 1 aromatic carbocycles. The van der Waals surface area contributed by atoms with Crippen molar-refractivity contribution in [3.8, 4) is 0 Å². The molecule has 2 amide bonds. The lowest BCUT2D eigenvalue weighted by Crippen LogP contribution is -2.22. The molecule has 0 fully saturated rings. The lowest BCUT2D eigenvalue weighted by molar-refractivity contribution is -0.115. The molecule has 0 unspecified atom stereocenters. The van der Waals surface area contributed by atoms with Crippen LogP contribution in [0.15, 0.2) is 35.4 Å². The second kappa shape index (κ2) is 8.95. The maximum Gasteiger partial charge on any atom is 0.274 e. The van der Waals surface area contributed by atoms with Crippen molar-refractivity contribution in [3.63, 3.8) is 0 Å². The molecule has 0 bridgehead atoms. The first-order chi connectivity index (χ1) is 13.0. The summed E-state index contributed by atoms with van der Waals surface area (Å²) >= 11 is 1.54. The third-order valence-corrected chi connectivity index (χ3v) is 5.70. The van der Waals surface area contributed by atoms with Gasteiger partial charge in [-0.3, -0.25) is 9.59 Å². The summed E-state index contributed by atoms with van der Waals surface area (Å²) < 4.78 is 0. The van der Waals surface area contributed by atoms with Crippen LogP contribution in [-0.2, 0) is 24.1 Å². The van der Waals surface area contributed by atoms with Crippen LogP contribution >= 0.6 is 11.3 Å². The van der Waals surface area contributed by atoms with Gasteiger partial charge >= 0.3 is 0 Å². The number of hydrazone groups is 1. The number of thiophene rings is 1. The molecule has 1 aliphatic rings. The Kier molecular flexibility index (Phi) is 6.40.